The maximum absolute atomic E-state index is 11.8. The number of benzene rings is 1. The van der Waals surface area contributed by atoms with Crippen LogP contribution in [0.2, 0.25) is 0 Å². The molecule has 1 aromatic carbocycles. The molecule has 0 spiro atoms. The number of carbonyl (C=O) groups excluding carboxylic acids is 2. The highest BCUT2D eigenvalue weighted by Crippen LogP contribution is 2.13. The summed E-state index contributed by atoms with van der Waals surface area (Å²) in [4.78, 5) is 24.7. The summed E-state index contributed by atoms with van der Waals surface area (Å²) in [6.45, 7) is 3.71. The molecule has 2 amide bonds. The highest BCUT2D eigenvalue weighted by molar-refractivity contribution is 14.1. The van der Waals surface area contributed by atoms with Crippen LogP contribution in [0.25, 0.3) is 0 Å². The molecule has 0 aliphatic carbocycles. The summed E-state index contributed by atoms with van der Waals surface area (Å²) in [6, 6.07) is 7.48. The molecule has 0 saturated heterocycles. The molecule has 1 N–H and O–H groups in total. The molecule has 0 radical (unpaired) electrons. The van der Waals surface area contributed by atoms with E-state index in [0.29, 0.717) is 5.75 Å². The average molecular weight is 390 g/mol. The molecule has 0 aliphatic rings. The number of hydrogen-bond acceptors (Lipinski definition) is 3. The van der Waals surface area contributed by atoms with Crippen molar-refractivity contribution >= 4 is 34.4 Å². The molecule has 1 aromatic rings. The fraction of sp³-hybridized carbons (Fsp3) is 0.429. The van der Waals surface area contributed by atoms with Gasteiger partial charge in [-0.3, -0.25) is 9.59 Å². The van der Waals surface area contributed by atoms with Gasteiger partial charge < -0.3 is 15.0 Å². The lowest BCUT2D eigenvalue weighted by Gasteiger charge is -2.18. The van der Waals surface area contributed by atoms with E-state index in [9.17, 15) is 9.59 Å². The fourth-order valence-corrected chi connectivity index (χ4v) is 1.82. The molecule has 0 unspecified atom stereocenters. The number of carbonyl (C=O) groups is 2. The minimum atomic E-state index is -0.234. The maximum atomic E-state index is 11.8. The second-order valence-corrected chi connectivity index (χ2v) is 5.96. The average Bonchev–Trinajstić information content (AvgIpc) is 2.36. The summed E-state index contributed by atoms with van der Waals surface area (Å²) in [5, 5.41) is 2.73. The maximum Gasteiger partial charge on any atom is 0.260 e. The summed E-state index contributed by atoms with van der Waals surface area (Å²) < 4.78 is 6.48. The normalized spacial score (nSPS) is 10.2. The smallest absolute Gasteiger partial charge is 0.260 e. The number of rotatable bonds is 6. The largest absolute Gasteiger partial charge is 0.484 e. The predicted molar refractivity (Wildman–Crippen MR) is 85.6 cm³/mol. The van der Waals surface area contributed by atoms with Crippen molar-refractivity contribution in [2.24, 2.45) is 0 Å². The zero-order valence-corrected chi connectivity index (χ0v) is 14.0. The highest BCUT2D eigenvalue weighted by atomic mass is 127. The fourth-order valence-electron chi connectivity index (χ4n) is 1.46. The van der Waals surface area contributed by atoms with E-state index < -0.39 is 0 Å². The van der Waals surface area contributed by atoms with Crippen molar-refractivity contribution in [3.8, 4) is 5.75 Å². The quantitative estimate of drug-likeness (QED) is 0.752. The number of nitrogens with one attached hydrogen (secondary N) is 1. The van der Waals surface area contributed by atoms with E-state index in [1.165, 1.54) is 4.90 Å². The second kappa shape index (κ2) is 8.08. The van der Waals surface area contributed by atoms with Gasteiger partial charge >= 0.3 is 0 Å². The summed E-state index contributed by atoms with van der Waals surface area (Å²) >= 11 is 2.20. The Morgan fingerprint density at radius 2 is 1.90 bits per heavy atom. The zero-order chi connectivity index (χ0) is 15.1. The van der Waals surface area contributed by atoms with Gasteiger partial charge in [0.05, 0.1) is 6.54 Å². The van der Waals surface area contributed by atoms with Crippen LogP contribution in [-0.4, -0.2) is 43.0 Å². The standard InChI is InChI=1S/C14H19IN2O3/c1-10(2)16-13(18)8-17(3)14(19)9-20-12-6-4-11(15)5-7-12/h4-7,10H,8-9H2,1-3H3,(H,16,18). The van der Waals surface area contributed by atoms with Crippen molar-refractivity contribution < 1.29 is 14.3 Å². The van der Waals surface area contributed by atoms with Crippen molar-refractivity contribution in [3.05, 3.63) is 27.8 Å². The number of amides is 2. The molecule has 6 heteroatoms. The SMILES string of the molecule is CC(C)NC(=O)CN(C)C(=O)COc1ccc(I)cc1. The lowest BCUT2D eigenvalue weighted by molar-refractivity contribution is -0.136. The number of likely N-dealkylation sites (N-methyl/N-ethyl adjacent to an activating group) is 1. The minimum absolute atomic E-state index is 0.0348. The van der Waals surface area contributed by atoms with Crippen LogP contribution in [-0.2, 0) is 9.59 Å². The number of nitrogens with zero attached hydrogens (tertiary/aromatic N) is 1. The molecule has 0 fully saturated rings. The molecule has 0 bridgehead atoms. The van der Waals surface area contributed by atoms with Crippen LogP contribution in [0.5, 0.6) is 5.75 Å². The van der Waals surface area contributed by atoms with Crippen molar-refractivity contribution in [2.75, 3.05) is 20.2 Å². The Labute approximate surface area is 132 Å². The van der Waals surface area contributed by atoms with Gasteiger partial charge in [-0.2, -0.15) is 0 Å². The third kappa shape index (κ3) is 6.23. The second-order valence-electron chi connectivity index (χ2n) is 4.71. The van der Waals surface area contributed by atoms with E-state index >= 15 is 0 Å². The van der Waals surface area contributed by atoms with E-state index in [0.717, 1.165) is 3.57 Å². The Balaban J connectivity index is 2.38. The Morgan fingerprint density at radius 1 is 1.30 bits per heavy atom. The molecule has 0 atom stereocenters. The van der Waals surface area contributed by atoms with Gasteiger partial charge in [0.2, 0.25) is 5.91 Å². The van der Waals surface area contributed by atoms with Crippen LogP contribution >= 0.6 is 22.6 Å². The summed E-state index contributed by atoms with van der Waals surface area (Å²) in [5.74, 6) is 0.228. The Bertz CT molecular complexity index is 460. The number of ether oxygens (including phenoxy) is 1. The molecule has 20 heavy (non-hydrogen) atoms. The van der Waals surface area contributed by atoms with Crippen molar-refractivity contribution in [3.63, 3.8) is 0 Å². The van der Waals surface area contributed by atoms with Crippen LogP contribution in [0.3, 0.4) is 0 Å². The molecule has 110 valence electrons. The van der Waals surface area contributed by atoms with E-state index in [2.05, 4.69) is 27.9 Å². The first-order chi connectivity index (χ1) is 9.38. The van der Waals surface area contributed by atoms with Crippen LogP contribution in [0, 0.1) is 3.57 Å². The summed E-state index contributed by atoms with van der Waals surface area (Å²) in [7, 11) is 1.58. The van der Waals surface area contributed by atoms with Crippen molar-refractivity contribution in [1.82, 2.24) is 10.2 Å². The monoisotopic (exact) mass is 390 g/mol. The molecule has 1 rings (SSSR count). The lowest BCUT2D eigenvalue weighted by atomic mass is 10.3. The topological polar surface area (TPSA) is 58.6 Å². The summed E-state index contributed by atoms with van der Waals surface area (Å²) in [5.41, 5.74) is 0. The zero-order valence-electron chi connectivity index (χ0n) is 11.9. The Kier molecular flexibility index (Phi) is 6.77. The van der Waals surface area contributed by atoms with Gasteiger partial charge in [0.25, 0.3) is 5.91 Å². The van der Waals surface area contributed by atoms with Gasteiger partial charge in [0, 0.05) is 16.7 Å². The third-order valence-electron chi connectivity index (χ3n) is 2.43. The first-order valence-electron chi connectivity index (χ1n) is 6.30. The molecule has 5 nitrogen and oxygen atoms in total. The first-order valence-corrected chi connectivity index (χ1v) is 7.38. The molecule has 0 heterocycles. The molecule has 0 aliphatic heterocycles. The third-order valence-corrected chi connectivity index (χ3v) is 3.15. The van der Waals surface area contributed by atoms with Gasteiger partial charge in [-0.15, -0.1) is 0 Å². The first kappa shape index (κ1) is 16.7. The predicted octanol–water partition coefficient (Wildman–Crippen LogP) is 1.65. The minimum Gasteiger partial charge on any atom is -0.484 e. The Hall–Kier alpha value is -1.31. The number of hydrogen-bond donors (Lipinski definition) is 1. The van der Waals surface area contributed by atoms with E-state index in [-0.39, 0.29) is 31.0 Å². The van der Waals surface area contributed by atoms with E-state index in [1.54, 1.807) is 19.2 Å². The van der Waals surface area contributed by atoms with Crippen LogP contribution in [0.1, 0.15) is 13.8 Å². The van der Waals surface area contributed by atoms with E-state index in [1.807, 2.05) is 26.0 Å². The number of halogens is 1. The molecular weight excluding hydrogens is 371 g/mol. The highest BCUT2D eigenvalue weighted by Gasteiger charge is 2.13. The van der Waals surface area contributed by atoms with Crippen LogP contribution in [0.4, 0.5) is 0 Å². The van der Waals surface area contributed by atoms with Crippen molar-refractivity contribution in [2.45, 2.75) is 19.9 Å². The van der Waals surface area contributed by atoms with Gasteiger partial charge in [-0.1, -0.05) is 0 Å². The van der Waals surface area contributed by atoms with E-state index in [4.69, 9.17) is 4.74 Å². The van der Waals surface area contributed by atoms with Crippen LogP contribution in [0.15, 0.2) is 24.3 Å². The molecular formula is C14H19IN2O3. The Morgan fingerprint density at radius 3 is 2.45 bits per heavy atom. The summed E-state index contributed by atoms with van der Waals surface area (Å²) in [6.07, 6.45) is 0. The van der Waals surface area contributed by atoms with Gasteiger partial charge in [-0.05, 0) is 60.7 Å². The van der Waals surface area contributed by atoms with Gasteiger partial charge in [0.1, 0.15) is 5.75 Å². The molecule has 0 saturated carbocycles. The van der Waals surface area contributed by atoms with Crippen LogP contribution < -0.4 is 10.1 Å². The van der Waals surface area contributed by atoms with Gasteiger partial charge in [0.15, 0.2) is 6.61 Å². The van der Waals surface area contributed by atoms with Crippen molar-refractivity contribution in [1.29, 1.82) is 0 Å². The molecule has 0 aromatic heterocycles. The van der Waals surface area contributed by atoms with Gasteiger partial charge in [-0.25, -0.2) is 0 Å². The lowest BCUT2D eigenvalue weighted by Crippen LogP contribution is -2.42.